The number of piperidine rings is 1. The average Bonchev–Trinajstić information content (AvgIpc) is 2.74. The molecule has 2 unspecified atom stereocenters. The lowest BCUT2D eigenvalue weighted by Gasteiger charge is -2.38. The summed E-state index contributed by atoms with van der Waals surface area (Å²) in [6, 6.07) is 11.9. The molecule has 3 rings (SSSR count). The maximum atomic E-state index is 12.2. The standard InChI is InChI=1S/C23H37N5O/c1-18-15-21(13-14-28(18)17-19-9-5-3-6-10-19)27-23(24-2)25-16-22(29)26-20-11-7-4-8-12-20/h3,5-6,9-10,18,20-21H,4,7-8,11-17H2,1-2H3,(H,26,29)(H2,24,25,27). The summed E-state index contributed by atoms with van der Waals surface area (Å²) < 4.78 is 0. The van der Waals surface area contributed by atoms with Crippen molar-refractivity contribution in [2.75, 3.05) is 20.1 Å². The van der Waals surface area contributed by atoms with E-state index in [2.05, 4.69) is 63.1 Å². The number of guanidine groups is 1. The van der Waals surface area contributed by atoms with Gasteiger partial charge < -0.3 is 16.0 Å². The Labute approximate surface area is 175 Å². The third kappa shape index (κ3) is 7.03. The summed E-state index contributed by atoms with van der Waals surface area (Å²) >= 11 is 0. The van der Waals surface area contributed by atoms with Crippen molar-refractivity contribution in [1.82, 2.24) is 20.9 Å². The lowest BCUT2D eigenvalue weighted by Crippen LogP contribution is -2.52. The number of rotatable bonds is 6. The van der Waals surface area contributed by atoms with Gasteiger partial charge in [-0.2, -0.15) is 0 Å². The molecule has 2 fully saturated rings. The molecule has 3 N–H and O–H groups in total. The molecule has 1 aromatic rings. The van der Waals surface area contributed by atoms with Crippen LogP contribution in [0.3, 0.4) is 0 Å². The van der Waals surface area contributed by atoms with Crippen LogP contribution >= 0.6 is 0 Å². The van der Waals surface area contributed by atoms with Gasteiger partial charge in [-0.25, -0.2) is 0 Å². The first-order chi connectivity index (χ1) is 14.1. The quantitative estimate of drug-likeness (QED) is 0.508. The number of nitrogens with zero attached hydrogens (tertiary/aromatic N) is 2. The highest BCUT2D eigenvalue weighted by Gasteiger charge is 2.26. The molecule has 0 bridgehead atoms. The number of likely N-dealkylation sites (tertiary alicyclic amines) is 1. The minimum atomic E-state index is 0.0610. The van der Waals surface area contributed by atoms with Gasteiger partial charge in [-0.05, 0) is 38.2 Å². The van der Waals surface area contributed by atoms with Gasteiger partial charge in [0.05, 0.1) is 6.54 Å². The summed E-state index contributed by atoms with van der Waals surface area (Å²) in [6.45, 7) is 4.64. The van der Waals surface area contributed by atoms with Gasteiger partial charge >= 0.3 is 0 Å². The molecule has 0 aromatic heterocycles. The van der Waals surface area contributed by atoms with Crippen LogP contribution in [0, 0.1) is 0 Å². The van der Waals surface area contributed by atoms with Gasteiger partial charge in [-0.15, -0.1) is 0 Å². The van der Waals surface area contributed by atoms with E-state index in [1.54, 1.807) is 7.05 Å². The molecular weight excluding hydrogens is 362 g/mol. The molecule has 1 saturated heterocycles. The molecule has 1 aromatic carbocycles. The van der Waals surface area contributed by atoms with E-state index in [4.69, 9.17) is 0 Å². The molecule has 6 heteroatoms. The number of amides is 1. The number of aliphatic imine (C=N–C) groups is 1. The van der Waals surface area contributed by atoms with Crippen LogP contribution in [0.2, 0.25) is 0 Å². The SMILES string of the molecule is CN=C(NCC(=O)NC1CCCCC1)NC1CCN(Cc2ccccc2)C(C)C1. The normalized spacial score (nSPS) is 24.1. The summed E-state index contributed by atoms with van der Waals surface area (Å²) in [4.78, 5) is 19.1. The van der Waals surface area contributed by atoms with E-state index in [1.807, 2.05) is 0 Å². The maximum Gasteiger partial charge on any atom is 0.239 e. The zero-order chi connectivity index (χ0) is 20.5. The summed E-state index contributed by atoms with van der Waals surface area (Å²) in [6.07, 6.45) is 8.11. The van der Waals surface area contributed by atoms with E-state index < -0.39 is 0 Å². The largest absolute Gasteiger partial charge is 0.354 e. The molecular formula is C23H37N5O. The van der Waals surface area contributed by atoms with Crippen LogP contribution < -0.4 is 16.0 Å². The number of benzene rings is 1. The fraction of sp³-hybridized carbons (Fsp3) is 0.652. The van der Waals surface area contributed by atoms with E-state index in [9.17, 15) is 4.79 Å². The van der Waals surface area contributed by atoms with Crippen LogP contribution in [0.4, 0.5) is 0 Å². The Kier molecular flexibility index (Phi) is 8.35. The molecule has 160 valence electrons. The Hall–Kier alpha value is -2.08. The fourth-order valence-electron chi connectivity index (χ4n) is 4.48. The van der Waals surface area contributed by atoms with E-state index in [0.29, 0.717) is 18.1 Å². The van der Waals surface area contributed by atoms with Crippen molar-refractivity contribution in [2.24, 2.45) is 4.99 Å². The summed E-state index contributed by atoms with van der Waals surface area (Å²) in [7, 11) is 1.77. The van der Waals surface area contributed by atoms with Crippen LogP contribution in [0.5, 0.6) is 0 Å². The highest BCUT2D eigenvalue weighted by molar-refractivity contribution is 5.86. The molecule has 1 heterocycles. The van der Waals surface area contributed by atoms with Gasteiger partial charge in [-0.1, -0.05) is 49.6 Å². The third-order valence-electron chi connectivity index (χ3n) is 6.19. The Morgan fingerprint density at radius 3 is 2.52 bits per heavy atom. The minimum absolute atomic E-state index is 0.0610. The lowest BCUT2D eigenvalue weighted by atomic mass is 9.95. The van der Waals surface area contributed by atoms with Crippen molar-refractivity contribution in [1.29, 1.82) is 0 Å². The summed E-state index contributed by atoms with van der Waals surface area (Å²) in [5, 5.41) is 9.84. The maximum absolute atomic E-state index is 12.2. The number of carbonyl (C=O) groups is 1. The van der Waals surface area contributed by atoms with Crippen LogP contribution in [-0.2, 0) is 11.3 Å². The smallest absolute Gasteiger partial charge is 0.239 e. The van der Waals surface area contributed by atoms with Crippen molar-refractivity contribution in [3.63, 3.8) is 0 Å². The predicted molar refractivity (Wildman–Crippen MR) is 119 cm³/mol. The molecule has 1 saturated carbocycles. The number of carbonyl (C=O) groups excluding carboxylic acids is 1. The first-order valence-corrected chi connectivity index (χ1v) is 11.2. The van der Waals surface area contributed by atoms with Crippen molar-refractivity contribution in [3.8, 4) is 0 Å². The Bertz CT molecular complexity index is 656. The number of nitrogens with one attached hydrogen (secondary N) is 3. The highest BCUT2D eigenvalue weighted by Crippen LogP contribution is 2.20. The minimum Gasteiger partial charge on any atom is -0.354 e. The molecule has 29 heavy (non-hydrogen) atoms. The molecule has 0 radical (unpaired) electrons. The zero-order valence-electron chi connectivity index (χ0n) is 18.0. The van der Waals surface area contributed by atoms with Crippen LogP contribution in [0.15, 0.2) is 35.3 Å². The number of hydrogen-bond acceptors (Lipinski definition) is 3. The predicted octanol–water partition coefficient (Wildman–Crippen LogP) is 2.65. The van der Waals surface area contributed by atoms with Crippen LogP contribution in [-0.4, -0.2) is 55.0 Å². The van der Waals surface area contributed by atoms with Crippen molar-refractivity contribution in [3.05, 3.63) is 35.9 Å². The summed E-state index contributed by atoms with van der Waals surface area (Å²) in [5.74, 6) is 0.781. The zero-order valence-corrected chi connectivity index (χ0v) is 18.0. The van der Waals surface area contributed by atoms with Gasteiger partial charge in [0.1, 0.15) is 0 Å². The second kappa shape index (κ2) is 11.2. The first kappa shape index (κ1) is 21.6. The fourth-order valence-corrected chi connectivity index (χ4v) is 4.48. The lowest BCUT2D eigenvalue weighted by molar-refractivity contribution is -0.120. The van der Waals surface area contributed by atoms with Crippen molar-refractivity contribution >= 4 is 11.9 Å². The Morgan fingerprint density at radius 1 is 1.07 bits per heavy atom. The highest BCUT2D eigenvalue weighted by atomic mass is 16.2. The Morgan fingerprint density at radius 2 is 1.83 bits per heavy atom. The number of hydrogen-bond donors (Lipinski definition) is 3. The second-order valence-electron chi connectivity index (χ2n) is 8.50. The van der Waals surface area contributed by atoms with Gasteiger partial charge in [0, 0.05) is 38.3 Å². The van der Waals surface area contributed by atoms with E-state index >= 15 is 0 Å². The van der Waals surface area contributed by atoms with Crippen molar-refractivity contribution < 1.29 is 4.79 Å². The molecule has 1 aliphatic heterocycles. The molecule has 0 spiro atoms. The van der Waals surface area contributed by atoms with Crippen LogP contribution in [0.25, 0.3) is 0 Å². The summed E-state index contributed by atoms with van der Waals surface area (Å²) in [5.41, 5.74) is 1.37. The Balaban J connectivity index is 1.39. The van der Waals surface area contributed by atoms with Crippen LogP contribution in [0.1, 0.15) is 57.4 Å². The topological polar surface area (TPSA) is 68.8 Å². The van der Waals surface area contributed by atoms with E-state index in [0.717, 1.165) is 44.7 Å². The first-order valence-electron chi connectivity index (χ1n) is 11.2. The van der Waals surface area contributed by atoms with Gasteiger partial charge in [0.2, 0.25) is 5.91 Å². The van der Waals surface area contributed by atoms with E-state index in [1.165, 1.54) is 24.8 Å². The second-order valence-corrected chi connectivity index (χ2v) is 8.50. The van der Waals surface area contributed by atoms with Gasteiger partial charge in [0.15, 0.2) is 5.96 Å². The van der Waals surface area contributed by atoms with Gasteiger partial charge in [0.25, 0.3) is 0 Å². The molecule has 2 atom stereocenters. The molecule has 6 nitrogen and oxygen atoms in total. The molecule has 1 amide bonds. The molecule has 2 aliphatic rings. The molecule has 1 aliphatic carbocycles. The van der Waals surface area contributed by atoms with E-state index in [-0.39, 0.29) is 12.5 Å². The monoisotopic (exact) mass is 399 g/mol. The van der Waals surface area contributed by atoms with Gasteiger partial charge in [-0.3, -0.25) is 14.7 Å². The average molecular weight is 400 g/mol. The van der Waals surface area contributed by atoms with Crippen molar-refractivity contribution in [2.45, 2.75) is 76.5 Å². The third-order valence-corrected chi connectivity index (χ3v) is 6.19.